The van der Waals surface area contributed by atoms with Crippen molar-refractivity contribution in [1.29, 1.82) is 0 Å². The summed E-state index contributed by atoms with van der Waals surface area (Å²) in [5.74, 6) is -0.801. The van der Waals surface area contributed by atoms with Crippen molar-refractivity contribution in [2.24, 2.45) is 0 Å². The van der Waals surface area contributed by atoms with Crippen molar-refractivity contribution >= 4 is 45.8 Å². The molecular weight excluding hydrogens is 506 g/mol. The number of amides is 3. The first-order valence-electron chi connectivity index (χ1n) is 11.8. The monoisotopic (exact) mass is 537 g/mol. The number of nitrogens with zero attached hydrogens (tertiary/aromatic N) is 3. The molecule has 0 bridgehead atoms. The molecule has 1 aliphatic heterocycles. The van der Waals surface area contributed by atoms with Crippen LogP contribution in [-0.2, 0) is 25.5 Å². The average Bonchev–Trinajstić information content (AvgIpc) is 3.31. The van der Waals surface area contributed by atoms with Crippen molar-refractivity contribution in [3.63, 3.8) is 0 Å². The van der Waals surface area contributed by atoms with Gasteiger partial charge in [-0.2, -0.15) is 0 Å². The second kappa shape index (κ2) is 14.9. The van der Waals surface area contributed by atoms with Crippen molar-refractivity contribution in [3.8, 4) is 0 Å². The fourth-order valence-electron chi connectivity index (χ4n) is 3.59. The van der Waals surface area contributed by atoms with Gasteiger partial charge in [-0.15, -0.1) is 11.3 Å². The number of ether oxygens (including phenoxy) is 2. The Labute approximate surface area is 219 Å². The molecule has 3 rings (SSSR count). The van der Waals surface area contributed by atoms with E-state index < -0.39 is 0 Å². The molecule has 0 atom stereocenters. The molecule has 1 aromatic heterocycles. The van der Waals surface area contributed by atoms with E-state index in [9.17, 15) is 14.4 Å². The zero-order valence-corrected chi connectivity index (χ0v) is 21.9. The maximum absolute atomic E-state index is 12.9. The van der Waals surface area contributed by atoms with Crippen molar-refractivity contribution in [2.75, 3.05) is 71.5 Å². The van der Waals surface area contributed by atoms with Gasteiger partial charge in [0.15, 0.2) is 5.13 Å². The second-order valence-corrected chi connectivity index (χ2v) is 9.55. The highest BCUT2D eigenvalue weighted by atomic mass is 35.5. The number of methoxy groups -OCH3 is 1. The third-order valence-electron chi connectivity index (χ3n) is 5.49. The highest BCUT2D eigenvalue weighted by molar-refractivity contribution is 7.13. The van der Waals surface area contributed by atoms with Gasteiger partial charge in [0, 0.05) is 49.3 Å². The molecule has 1 aliphatic rings. The minimum atomic E-state index is -0.387. The molecule has 0 unspecified atom stereocenters. The normalized spacial score (nSPS) is 13.8. The summed E-state index contributed by atoms with van der Waals surface area (Å²) in [5.41, 5.74) is 1.00. The number of carbonyl (C=O) groups is 3. The van der Waals surface area contributed by atoms with Gasteiger partial charge in [-0.3, -0.25) is 19.3 Å². The van der Waals surface area contributed by atoms with Crippen LogP contribution < -0.4 is 10.6 Å². The van der Waals surface area contributed by atoms with Gasteiger partial charge in [0.05, 0.1) is 31.9 Å². The SMILES string of the molecule is COCCN(CC(=O)Nc1nc(CC(=O)NCCCN2CCOCC2)cs1)C(=O)c1ccc(Cl)cc1. The predicted molar refractivity (Wildman–Crippen MR) is 139 cm³/mol. The minimum Gasteiger partial charge on any atom is -0.383 e. The van der Waals surface area contributed by atoms with Gasteiger partial charge in [-0.1, -0.05) is 11.6 Å². The van der Waals surface area contributed by atoms with Crippen molar-refractivity contribution in [2.45, 2.75) is 12.8 Å². The Morgan fingerprint density at radius 2 is 1.94 bits per heavy atom. The van der Waals surface area contributed by atoms with Gasteiger partial charge < -0.3 is 25.0 Å². The third kappa shape index (κ3) is 9.47. The minimum absolute atomic E-state index is 0.112. The average molecular weight is 538 g/mol. The molecule has 0 aliphatic carbocycles. The Morgan fingerprint density at radius 3 is 2.67 bits per heavy atom. The lowest BCUT2D eigenvalue weighted by Crippen LogP contribution is -2.40. The molecule has 1 aromatic carbocycles. The van der Waals surface area contributed by atoms with Gasteiger partial charge >= 0.3 is 0 Å². The number of hydrogen-bond acceptors (Lipinski definition) is 8. The molecular formula is C24H32ClN5O5S. The van der Waals surface area contributed by atoms with Gasteiger partial charge in [0.2, 0.25) is 11.8 Å². The molecule has 2 heterocycles. The molecule has 2 N–H and O–H groups in total. The highest BCUT2D eigenvalue weighted by Crippen LogP contribution is 2.16. The van der Waals surface area contributed by atoms with Crippen molar-refractivity contribution in [1.82, 2.24) is 20.1 Å². The summed E-state index contributed by atoms with van der Waals surface area (Å²) in [4.78, 5) is 45.8. The summed E-state index contributed by atoms with van der Waals surface area (Å²) in [6.07, 6.45) is 1.01. The Hall–Kier alpha value is -2.57. The van der Waals surface area contributed by atoms with Gasteiger partial charge in [-0.25, -0.2) is 4.98 Å². The smallest absolute Gasteiger partial charge is 0.254 e. The lowest BCUT2D eigenvalue weighted by atomic mass is 10.2. The molecule has 2 aromatic rings. The number of anilines is 1. The lowest BCUT2D eigenvalue weighted by molar-refractivity contribution is -0.120. The second-order valence-electron chi connectivity index (χ2n) is 8.25. The number of morpholine rings is 1. The molecule has 0 radical (unpaired) electrons. The van der Waals surface area contributed by atoms with Gasteiger partial charge in [0.1, 0.15) is 6.54 Å². The number of hydrogen-bond donors (Lipinski definition) is 2. The summed E-state index contributed by atoms with van der Waals surface area (Å²) >= 11 is 7.14. The fraction of sp³-hybridized carbons (Fsp3) is 0.500. The molecule has 0 saturated carbocycles. The molecule has 1 fully saturated rings. The number of thiazole rings is 1. The highest BCUT2D eigenvalue weighted by Gasteiger charge is 2.20. The topological polar surface area (TPSA) is 113 Å². The number of carbonyl (C=O) groups excluding carboxylic acids is 3. The number of halogens is 1. The van der Waals surface area contributed by atoms with Crippen LogP contribution in [0.25, 0.3) is 0 Å². The van der Waals surface area contributed by atoms with Crippen LogP contribution in [0.4, 0.5) is 5.13 Å². The maximum Gasteiger partial charge on any atom is 0.254 e. The van der Waals surface area contributed by atoms with E-state index in [1.54, 1.807) is 29.6 Å². The van der Waals surface area contributed by atoms with E-state index in [1.807, 2.05) is 0 Å². The van der Waals surface area contributed by atoms with E-state index in [1.165, 1.54) is 23.3 Å². The molecule has 1 saturated heterocycles. The Bertz CT molecular complexity index is 997. The standard InChI is InChI=1S/C24H32ClN5O5S/c1-34-12-11-30(23(33)18-3-5-19(25)6-4-18)16-22(32)28-24-27-20(17-36-24)15-21(31)26-7-2-8-29-9-13-35-14-10-29/h3-6,17H,2,7-16H2,1H3,(H,26,31)(H,27,28,32). The van der Waals surface area contributed by atoms with Crippen LogP contribution in [0, 0.1) is 0 Å². The van der Waals surface area contributed by atoms with Gasteiger partial charge in [0.25, 0.3) is 5.91 Å². The summed E-state index contributed by atoms with van der Waals surface area (Å²) in [6.45, 7) is 5.29. The van der Waals surface area contributed by atoms with Crippen LogP contribution in [0.15, 0.2) is 29.6 Å². The Balaban J connectivity index is 1.43. The molecule has 36 heavy (non-hydrogen) atoms. The lowest BCUT2D eigenvalue weighted by Gasteiger charge is -2.26. The Kier molecular flexibility index (Phi) is 11.6. The quantitative estimate of drug-likeness (QED) is 0.375. The summed E-state index contributed by atoms with van der Waals surface area (Å²) in [6, 6.07) is 6.48. The van der Waals surface area contributed by atoms with Crippen LogP contribution in [0.2, 0.25) is 5.02 Å². The number of rotatable bonds is 13. The third-order valence-corrected chi connectivity index (χ3v) is 6.55. The molecule has 3 amide bonds. The van der Waals surface area contributed by atoms with E-state index in [0.29, 0.717) is 28.0 Å². The predicted octanol–water partition coefficient (Wildman–Crippen LogP) is 1.90. The number of nitrogens with one attached hydrogen (secondary N) is 2. The zero-order valence-electron chi connectivity index (χ0n) is 20.3. The zero-order chi connectivity index (χ0) is 25.8. The summed E-state index contributed by atoms with van der Waals surface area (Å²) in [7, 11) is 1.53. The van der Waals surface area contributed by atoms with E-state index >= 15 is 0 Å². The summed E-state index contributed by atoms with van der Waals surface area (Å²) < 4.78 is 10.4. The fourth-order valence-corrected chi connectivity index (χ4v) is 4.44. The van der Waals surface area contributed by atoms with E-state index in [0.717, 1.165) is 39.3 Å². The van der Waals surface area contributed by atoms with Crippen molar-refractivity contribution < 1.29 is 23.9 Å². The largest absolute Gasteiger partial charge is 0.383 e. The molecule has 0 spiro atoms. The van der Waals surface area contributed by atoms with Crippen LogP contribution in [0.5, 0.6) is 0 Å². The van der Waals surface area contributed by atoms with E-state index in [2.05, 4.69) is 20.5 Å². The molecule has 10 nitrogen and oxygen atoms in total. The number of benzene rings is 1. The van der Waals surface area contributed by atoms with Crippen LogP contribution in [-0.4, -0.2) is 98.7 Å². The van der Waals surface area contributed by atoms with E-state index in [4.69, 9.17) is 21.1 Å². The number of aromatic nitrogens is 1. The van der Waals surface area contributed by atoms with E-state index in [-0.39, 0.29) is 43.8 Å². The first kappa shape index (κ1) is 28.0. The first-order chi connectivity index (χ1) is 17.4. The first-order valence-corrected chi connectivity index (χ1v) is 13.0. The van der Waals surface area contributed by atoms with Crippen LogP contribution in [0.3, 0.4) is 0 Å². The van der Waals surface area contributed by atoms with Crippen molar-refractivity contribution in [3.05, 3.63) is 45.9 Å². The van der Waals surface area contributed by atoms with Gasteiger partial charge in [-0.05, 0) is 37.2 Å². The summed E-state index contributed by atoms with van der Waals surface area (Å²) in [5, 5.41) is 8.26. The maximum atomic E-state index is 12.9. The molecule has 196 valence electrons. The van der Waals surface area contributed by atoms with Crippen LogP contribution in [0.1, 0.15) is 22.5 Å². The van der Waals surface area contributed by atoms with Crippen LogP contribution >= 0.6 is 22.9 Å². The molecule has 12 heteroatoms. The Morgan fingerprint density at radius 1 is 1.19 bits per heavy atom.